The molecule has 1 aromatic carbocycles. The maximum atomic E-state index is 12.9. The lowest BCUT2D eigenvalue weighted by atomic mass is 10.1. The van der Waals surface area contributed by atoms with Crippen LogP contribution in [0.5, 0.6) is 0 Å². The minimum absolute atomic E-state index is 0.00998. The van der Waals surface area contributed by atoms with Gasteiger partial charge in [-0.15, -0.1) is 0 Å². The zero-order valence-corrected chi connectivity index (χ0v) is 19.3. The number of esters is 1. The summed E-state index contributed by atoms with van der Waals surface area (Å²) >= 11 is 0. The molecule has 0 spiro atoms. The fourth-order valence-electron chi connectivity index (χ4n) is 4.61. The van der Waals surface area contributed by atoms with E-state index in [9.17, 15) is 13.2 Å². The SMILES string of the molecule is CCOC(=O)c1nn(-c2ccc(CN3CCCCC3)cc2)c2c1CS(=O)(=O)c1ncccc1-2. The van der Waals surface area contributed by atoms with E-state index in [0.29, 0.717) is 16.8 Å². The van der Waals surface area contributed by atoms with E-state index >= 15 is 0 Å². The number of carbonyl (C=O) groups excluding carboxylic acids is 1. The number of hydrogen-bond donors (Lipinski definition) is 0. The number of carbonyl (C=O) groups is 1. The van der Waals surface area contributed by atoms with E-state index in [4.69, 9.17) is 4.74 Å². The van der Waals surface area contributed by atoms with Gasteiger partial charge in [-0.25, -0.2) is 22.9 Å². The summed E-state index contributed by atoms with van der Waals surface area (Å²) in [7, 11) is -3.70. The molecule has 0 bridgehead atoms. The van der Waals surface area contributed by atoms with Gasteiger partial charge in [-0.1, -0.05) is 18.6 Å². The Morgan fingerprint density at radius 2 is 1.85 bits per heavy atom. The van der Waals surface area contributed by atoms with E-state index in [1.165, 1.54) is 31.0 Å². The lowest BCUT2D eigenvalue weighted by Gasteiger charge is -2.26. The summed E-state index contributed by atoms with van der Waals surface area (Å²) in [4.78, 5) is 19.2. The molecule has 4 heterocycles. The molecule has 9 heteroatoms. The molecule has 5 rings (SSSR count). The van der Waals surface area contributed by atoms with Crippen molar-refractivity contribution in [3.05, 3.63) is 59.4 Å². The topological polar surface area (TPSA) is 94.4 Å². The van der Waals surface area contributed by atoms with Crippen LogP contribution in [-0.4, -0.2) is 53.7 Å². The third-order valence-electron chi connectivity index (χ3n) is 6.14. The molecule has 3 aromatic rings. The summed E-state index contributed by atoms with van der Waals surface area (Å²) in [6, 6.07) is 11.4. The number of ether oxygens (including phenoxy) is 1. The number of benzene rings is 1. The van der Waals surface area contributed by atoms with Crippen LogP contribution in [0.3, 0.4) is 0 Å². The summed E-state index contributed by atoms with van der Waals surface area (Å²) in [5, 5.41) is 4.54. The lowest BCUT2D eigenvalue weighted by Crippen LogP contribution is -2.29. The van der Waals surface area contributed by atoms with Gasteiger partial charge in [0.2, 0.25) is 9.84 Å². The molecule has 1 fully saturated rings. The van der Waals surface area contributed by atoms with Crippen molar-refractivity contribution in [2.24, 2.45) is 0 Å². The van der Waals surface area contributed by atoms with Crippen molar-refractivity contribution in [1.29, 1.82) is 0 Å². The monoisotopic (exact) mass is 466 g/mol. The first-order valence-corrected chi connectivity index (χ1v) is 12.9. The Bertz CT molecular complexity index is 1290. The number of aromatic nitrogens is 3. The molecule has 2 aromatic heterocycles. The van der Waals surface area contributed by atoms with Crippen LogP contribution in [-0.2, 0) is 26.9 Å². The Hall–Kier alpha value is -3.04. The zero-order valence-electron chi connectivity index (χ0n) is 18.5. The van der Waals surface area contributed by atoms with Crippen LogP contribution in [0.4, 0.5) is 0 Å². The second-order valence-corrected chi connectivity index (χ2v) is 10.3. The fraction of sp³-hybridized carbons (Fsp3) is 0.375. The third kappa shape index (κ3) is 4.06. The van der Waals surface area contributed by atoms with Crippen molar-refractivity contribution in [3.63, 3.8) is 0 Å². The van der Waals surface area contributed by atoms with Crippen molar-refractivity contribution in [2.75, 3.05) is 19.7 Å². The van der Waals surface area contributed by atoms with E-state index < -0.39 is 15.8 Å². The molecule has 0 unspecified atom stereocenters. The van der Waals surface area contributed by atoms with Crippen molar-refractivity contribution in [1.82, 2.24) is 19.7 Å². The van der Waals surface area contributed by atoms with Crippen LogP contribution in [0.1, 0.15) is 47.8 Å². The van der Waals surface area contributed by atoms with Gasteiger partial charge in [0.1, 0.15) is 0 Å². The summed E-state index contributed by atoms with van der Waals surface area (Å²) in [5.41, 5.74) is 3.35. The largest absolute Gasteiger partial charge is 0.461 e. The Labute approximate surface area is 193 Å². The highest BCUT2D eigenvalue weighted by Gasteiger charge is 2.37. The van der Waals surface area contributed by atoms with Crippen LogP contribution in [0.25, 0.3) is 16.9 Å². The Morgan fingerprint density at radius 3 is 2.58 bits per heavy atom. The molecule has 33 heavy (non-hydrogen) atoms. The number of piperidine rings is 1. The fourth-order valence-corrected chi connectivity index (χ4v) is 6.12. The van der Waals surface area contributed by atoms with Gasteiger partial charge in [0.15, 0.2) is 10.7 Å². The molecule has 172 valence electrons. The van der Waals surface area contributed by atoms with Gasteiger partial charge in [0, 0.05) is 23.9 Å². The van der Waals surface area contributed by atoms with E-state index in [1.807, 2.05) is 12.1 Å². The van der Waals surface area contributed by atoms with Gasteiger partial charge in [0.05, 0.1) is 23.7 Å². The molecule has 0 saturated carbocycles. The molecule has 0 amide bonds. The lowest BCUT2D eigenvalue weighted by molar-refractivity contribution is 0.0518. The molecule has 0 aliphatic carbocycles. The molecule has 0 radical (unpaired) electrons. The van der Waals surface area contributed by atoms with Gasteiger partial charge in [-0.05, 0) is 62.7 Å². The number of hydrogen-bond acceptors (Lipinski definition) is 7. The molecule has 0 N–H and O–H groups in total. The van der Waals surface area contributed by atoms with Crippen LogP contribution in [0.2, 0.25) is 0 Å². The second kappa shape index (κ2) is 8.72. The number of likely N-dealkylation sites (tertiary alicyclic amines) is 1. The Morgan fingerprint density at radius 1 is 1.09 bits per heavy atom. The molecule has 8 nitrogen and oxygen atoms in total. The molecule has 1 saturated heterocycles. The van der Waals surface area contributed by atoms with Crippen LogP contribution in [0.15, 0.2) is 47.6 Å². The van der Waals surface area contributed by atoms with Gasteiger partial charge in [-0.2, -0.15) is 5.10 Å². The smallest absolute Gasteiger partial charge is 0.359 e. The van der Waals surface area contributed by atoms with E-state index in [-0.39, 0.29) is 23.1 Å². The zero-order chi connectivity index (χ0) is 23.0. The highest BCUT2D eigenvalue weighted by Crippen LogP contribution is 2.39. The van der Waals surface area contributed by atoms with Gasteiger partial charge in [-0.3, -0.25) is 4.90 Å². The average molecular weight is 467 g/mol. The van der Waals surface area contributed by atoms with Crippen LogP contribution in [0, 0.1) is 0 Å². The quantitative estimate of drug-likeness (QED) is 0.532. The minimum Gasteiger partial charge on any atom is -0.461 e. The van der Waals surface area contributed by atoms with Gasteiger partial charge < -0.3 is 4.74 Å². The van der Waals surface area contributed by atoms with E-state index in [0.717, 1.165) is 25.3 Å². The maximum Gasteiger partial charge on any atom is 0.359 e. The predicted molar refractivity (Wildman–Crippen MR) is 123 cm³/mol. The number of pyridine rings is 1. The van der Waals surface area contributed by atoms with Crippen LogP contribution >= 0.6 is 0 Å². The van der Waals surface area contributed by atoms with Crippen molar-refractivity contribution in [3.8, 4) is 16.9 Å². The van der Waals surface area contributed by atoms with E-state index in [2.05, 4.69) is 27.1 Å². The average Bonchev–Trinajstić information content (AvgIpc) is 3.19. The molecular formula is C24H26N4O4S. The molecular weight excluding hydrogens is 440 g/mol. The molecule has 0 atom stereocenters. The molecule has 2 aliphatic rings. The summed E-state index contributed by atoms with van der Waals surface area (Å²) in [5.74, 6) is -0.968. The minimum atomic E-state index is -3.70. The standard InChI is InChI=1S/C24H26N4O4S/c1-2-32-24(29)21-20-16-33(30,31)23-19(7-6-12-25-23)22(20)28(26-21)18-10-8-17(9-11-18)15-27-13-4-3-5-14-27/h6-12H,2-5,13-16H2,1H3. The number of rotatable bonds is 5. The first-order chi connectivity index (χ1) is 16.0. The predicted octanol–water partition coefficient (Wildman–Crippen LogP) is 3.38. The van der Waals surface area contributed by atoms with Gasteiger partial charge in [0.25, 0.3) is 0 Å². The summed E-state index contributed by atoms with van der Waals surface area (Å²) in [6.07, 6.45) is 5.24. The Balaban J connectivity index is 1.58. The first-order valence-electron chi connectivity index (χ1n) is 11.3. The summed E-state index contributed by atoms with van der Waals surface area (Å²) < 4.78 is 32.6. The molecule has 2 aliphatic heterocycles. The van der Waals surface area contributed by atoms with Gasteiger partial charge >= 0.3 is 5.97 Å². The Kier molecular flexibility index (Phi) is 5.76. The van der Waals surface area contributed by atoms with Crippen molar-refractivity contribution in [2.45, 2.75) is 43.5 Å². The number of nitrogens with zero attached hydrogens (tertiary/aromatic N) is 4. The normalized spacial score (nSPS) is 17.2. The number of sulfone groups is 1. The highest BCUT2D eigenvalue weighted by molar-refractivity contribution is 7.90. The van der Waals surface area contributed by atoms with Crippen molar-refractivity contribution >= 4 is 15.8 Å². The summed E-state index contributed by atoms with van der Waals surface area (Å²) in [6.45, 7) is 5.02. The second-order valence-electron chi connectivity index (χ2n) is 8.43. The van der Waals surface area contributed by atoms with Crippen molar-refractivity contribution < 1.29 is 17.9 Å². The maximum absolute atomic E-state index is 12.9. The van der Waals surface area contributed by atoms with Crippen LogP contribution < -0.4 is 0 Å². The highest BCUT2D eigenvalue weighted by atomic mass is 32.2. The van der Waals surface area contributed by atoms with E-state index in [1.54, 1.807) is 23.7 Å². The first kappa shape index (κ1) is 21.8. The number of fused-ring (bicyclic) bond motifs is 3. The third-order valence-corrected chi connectivity index (χ3v) is 7.73.